The Hall–Kier alpha value is -1.12. The topological polar surface area (TPSA) is 43.4 Å². The molecule has 0 spiro atoms. The van der Waals surface area contributed by atoms with Gasteiger partial charge in [0.1, 0.15) is 6.10 Å². The summed E-state index contributed by atoms with van der Waals surface area (Å²) in [6.45, 7) is 4.88. The Morgan fingerprint density at radius 3 is 2.58 bits per heavy atom. The SMILES string of the molecule is C[C@]12CC[C@H]3[C@@H](CCC4=CC(=O)CC[C@@]43C)[C@@H]1CC[C@@H]2OC(=O)CCC1CCCCC1. The van der Waals surface area contributed by atoms with E-state index < -0.39 is 0 Å². The van der Waals surface area contributed by atoms with Gasteiger partial charge in [-0.05, 0) is 86.5 Å². The molecule has 5 aliphatic carbocycles. The summed E-state index contributed by atoms with van der Waals surface area (Å²) in [6.07, 6.45) is 19.2. The van der Waals surface area contributed by atoms with E-state index in [1.54, 1.807) is 0 Å². The van der Waals surface area contributed by atoms with E-state index in [1.807, 2.05) is 6.08 Å². The summed E-state index contributed by atoms with van der Waals surface area (Å²) in [4.78, 5) is 24.8. The number of rotatable bonds is 4. The summed E-state index contributed by atoms with van der Waals surface area (Å²) in [7, 11) is 0. The van der Waals surface area contributed by atoms with E-state index in [9.17, 15) is 9.59 Å². The molecule has 0 aliphatic heterocycles. The second kappa shape index (κ2) is 8.34. The van der Waals surface area contributed by atoms with Crippen molar-refractivity contribution in [1.82, 2.24) is 0 Å². The van der Waals surface area contributed by atoms with Crippen LogP contribution in [-0.2, 0) is 14.3 Å². The molecule has 5 rings (SSSR count). The number of fused-ring (bicyclic) bond motifs is 5. The molecule has 0 bridgehead atoms. The van der Waals surface area contributed by atoms with Gasteiger partial charge in [0.25, 0.3) is 0 Å². The third-order valence-corrected chi connectivity index (χ3v) is 10.6. The van der Waals surface area contributed by atoms with Gasteiger partial charge in [0, 0.05) is 18.3 Å². The predicted molar refractivity (Wildman–Crippen MR) is 122 cm³/mol. The maximum atomic E-state index is 12.7. The van der Waals surface area contributed by atoms with Crippen LogP contribution in [0.3, 0.4) is 0 Å². The standard InChI is InChI=1S/C28H42O3/c1-27-16-14-21(29)18-20(27)9-10-22-23-11-12-25(28(23,2)17-15-24(22)27)31-26(30)13-8-19-6-4-3-5-7-19/h18-19,22-25H,3-17H2,1-2H3/t22-,23-,24-,25-,27-,28-/m0/s1. The first-order valence-corrected chi connectivity index (χ1v) is 13.3. The number of ether oxygens (including phenoxy) is 1. The molecule has 0 aromatic rings. The molecule has 0 amide bonds. The molecule has 0 aromatic heterocycles. The van der Waals surface area contributed by atoms with E-state index in [1.165, 1.54) is 63.4 Å². The van der Waals surface area contributed by atoms with Gasteiger partial charge >= 0.3 is 5.97 Å². The zero-order chi connectivity index (χ0) is 21.6. The van der Waals surface area contributed by atoms with Gasteiger partial charge in [0.05, 0.1) is 0 Å². The van der Waals surface area contributed by atoms with Gasteiger partial charge < -0.3 is 4.74 Å². The van der Waals surface area contributed by atoms with E-state index >= 15 is 0 Å². The van der Waals surface area contributed by atoms with Crippen LogP contribution < -0.4 is 0 Å². The van der Waals surface area contributed by atoms with E-state index in [0.29, 0.717) is 24.0 Å². The van der Waals surface area contributed by atoms with E-state index in [4.69, 9.17) is 4.74 Å². The highest BCUT2D eigenvalue weighted by molar-refractivity contribution is 5.91. The highest BCUT2D eigenvalue weighted by Crippen LogP contribution is 2.65. The van der Waals surface area contributed by atoms with Gasteiger partial charge in [0.15, 0.2) is 5.78 Å². The molecule has 0 saturated heterocycles. The lowest BCUT2D eigenvalue weighted by molar-refractivity contribution is -0.160. The maximum Gasteiger partial charge on any atom is 0.306 e. The normalized spacial score (nSPS) is 42.9. The third-order valence-electron chi connectivity index (χ3n) is 10.6. The fourth-order valence-electron chi connectivity index (χ4n) is 8.72. The highest BCUT2D eigenvalue weighted by atomic mass is 16.5. The van der Waals surface area contributed by atoms with Crippen molar-refractivity contribution in [2.75, 3.05) is 0 Å². The Kier molecular flexibility index (Phi) is 5.84. The number of hydrogen-bond acceptors (Lipinski definition) is 3. The van der Waals surface area contributed by atoms with Crippen molar-refractivity contribution >= 4 is 11.8 Å². The molecule has 4 fully saturated rings. The average molecular weight is 427 g/mol. The highest BCUT2D eigenvalue weighted by Gasteiger charge is 2.59. The molecule has 0 radical (unpaired) electrons. The smallest absolute Gasteiger partial charge is 0.306 e. The molecule has 3 heteroatoms. The summed E-state index contributed by atoms with van der Waals surface area (Å²) < 4.78 is 6.21. The Morgan fingerprint density at radius 2 is 1.77 bits per heavy atom. The van der Waals surface area contributed by atoms with Crippen LogP contribution in [-0.4, -0.2) is 17.9 Å². The molecule has 3 nitrogen and oxygen atoms in total. The minimum Gasteiger partial charge on any atom is -0.462 e. The number of carbonyl (C=O) groups is 2. The van der Waals surface area contributed by atoms with Crippen LogP contribution in [0.15, 0.2) is 11.6 Å². The average Bonchev–Trinajstić information content (AvgIpc) is 3.10. The molecule has 0 aromatic carbocycles. The van der Waals surface area contributed by atoms with Gasteiger partial charge in [-0.2, -0.15) is 0 Å². The third kappa shape index (κ3) is 3.82. The van der Waals surface area contributed by atoms with Crippen molar-refractivity contribution in [2.45, 2.75) is 116 Å². The summed E-state index contributed by atoms with van der Waals surface area (Å²) in [5, 5.41) is 0. The molecule has 172 valence electrons. The van der Waals surface area contributed by atoms with Crippen LogP contribution >= 0.6 is 0 Å². The largest absolute Gasteiger partial charge is 0.462 e. The van der Waals surface area contributed by atoms with Gasteiger partial charge in [-0.25, -0.2) is 0 Å². The Balaban J connectivity index is 1.23. The fourth-order valence-corrected chi connectivity index (χ4v) is 8.72. The predicted octanol–water partition coefficient (Wildman–Crippen LogP) is 6.79. The lowest BCUT2D eigenvalue weighted by atomic mass is 9.47. The van der Waals surface area contributed by atoms with Crippen LogP contribution in [0.2, 0.25) is 0 Å². The minimum atomic E-state index is 0.0613. The minimum absolute atomic E-state index is 0.0613. The van der Waals surface area contributed by atoms with Gasteiger partial charge in [0.2, 0.25) is 0 Å². The Morgan fingerprint density at radius 1 is 0.968 bits per heavy atom. The number of allylic oxidation sites excluding steroid dienone is 1. The summed E-state index contributed by atoms with van der Waals surface area (Å²) >= 11 is 0. The van der Waals surface area contributed by atoms with Crippen molar-refractivity contribution in [3.05, 3.63) is 11.6 Å². The zero-order valence-electron chi connectivity index (χ0n) is 19.8. The number of hydrogen-bond donors (Lipinski definition) is 0. The first-order valence-electron chi connectivity index (χ1n) is 13.3. The molecule has 5 aliphatic rings. The Bertz CT molecular complexity index is 747. The summed E-state index contributed by atoms with van der Waals surface area (Å²) in [5.74, 6) is 3.27. The van der Waals surface area contributed by atoms with Crippen LogP contribution in [0.25, 0.3) is 0 Å². The van der Waals surface area contributed by atoms with Gasteiger partial charge in [-0.15, -0.1) is 0 Å². The van der Waals surface area contributed by atoms with Crippen molar-refractivity contribution in [2.24, 2.45) is 34.5 Å². The molecule has 6 atom stereocenters. The monoisotopic (exact) mass is 426 g/mol. The first-order chi connectivity index (χ1) is 14.9. The molecule has 4 saturated carbocycles. The van der Waals surface area contributed by atoms with Crippen LogP contribution in [0.1, 0.15) is 110 Å². The van der Waals surface area contributed by atoms with E-state index in [2.05, 4.69) is 13.8 Å². The second-order valence-corrected chi connectivity index (χ2v) is 12.1. The molecule has 0 heterocycles. The number of esters is 1. The molecule has 0 N–H and O–H groups in total. The zero-order valence-corrected chi connectivity index (χ0v) is 19.8. The molecule has 31 heavy (non-hydrogen) atoms. The second-order valence-electron chi connectivity index (χ2n) is 12.1. The van der Waals surface area contributed by atoms with Crippen LogP contribution in [0.4, 0.5) is 0 Å². The van der Waals surface area contributed by atoms with Crippen LogP contribution in [0, 0.1) is 34.5 Å². The van der Waals surface area contributed by atoms with Crippen molar-refractivity contribution in [3.63, 3.8) is 0 Å². The van der Waals surface area contributed by atoms with Gasteiger partial charge in [-0.1, -0.05) is 51.5 Å². The lowest BCUT2D eigenvalue weighted by Gasteiger charge is -2.57. The molecular weight excluding hydrogens is 384 g/mol. The fraction of sp³-hybridized carbons (Fsp3) is 0.857. The summed E-state index contributed by atoms with van der Waals surface area (Å²) in [5.41, 5.74) is 1.83. The van der Waals surface area contributed by atoms with Gasteiger partial charge in [-0.3, -0.25) is 9.59 Å². The molecule has 0 unspecified atom stereocenters. The van der Waals surface area contributed by atoms with Crippen molar-refractivity contribution in [3.8, 4) is 0 Å². The first kappa shape index (κ1) is 21.7. The summed E-state index contributed by atoms with van der Waals surface area (Å²) in [6, 6.07) is 0. The van der Waals surface area contributed by atoms with E-state index in [-0.39, 0.29) is 22.9 Å². The lowest BCUT2D eigenvalue weighted by Crippen LogP contribution is -2.51. The van der Waals surface area contributed by atoms with E-state index in [0.717, 1.165) is 43.9 Å². The number of ketones is 1. The van der Waals surface area contributed by atoms with Crippen molar-refractivity contribution < 1.29 is 14.3 Å². The number of carbonyl (C=O) groups excluding carboxylic acids is 2. The quantitative estimate of drug-likeness (QED) is 0.465. The molecular formula is C28H42O3. The van der Waals surface area contributed by atoms with Crippen LogP contribution in [0.5, 0.6) is 0 Å². The Labute approximate surface area is 188 Å². The maximum absolute atomic E-state index is 12.7. The van der Waals surface area contributed by atoms with Crippen molar-refractivity contribution in [1.29, 1.82) is 0 Å².